The molecule has 0 radical (unpaired) electrons. The number of nitrogens with zero attached hydrogens (tertiary/aromatic N) is 2. The third-order valence-electron chi connectivity index (χ3n) is 6.66. The maximum Gasteiger partial charge on any atom is 0.420 e. The minimum atomic E-state index is -4.82. The van der Waals surface area contributed by atoms with Crippen molar-refractivity contribution in [3.8, 4) is 16.9 Å². The lowest BCUT2D eigenvalue weighted by Crippen LogP contribution is -2.39. The van der Waals surface area contributed by atoms with Crippen LogP contribution in [0.4, 0.5) is 23.2 Å². The van der Waals surface area contributed by atoms with Gasteiger partial charge in [0, 0.05) is 41.7 Å². The quantitative estimate of drug-likeness (QED) is 0.375. The number of hydrogen-bond acceptors (Lipinski definition) is 5. The number of ether oxygens (including phenoxy) is 2. The van der Waals surface area contributed by atoms with E-state index in [1.807, 2.05) is 4.90 Å². The van der Waals surface area contributed by atoms with Crippen molar-refractivity contribution in [2.45, 2.75) is 79.2 Å². The fraction of sp³-hybridized carbons (Fsp3) is 0.571. The van der Waals surface area contributed by atoms with Gasteiger partial charge in [0.1, 0.15) is 5.56 Å². The van der Waals surface area contributed by atoms with Crippen molar-refractivity contribution in [2.24, 2.45) is 5.41 Å². The second-order valence-electron chi connectivity index (χ2n) is 11.4. The van der Waals surface area contributed by atoms with Crippen molar-refractivity contribution in [1.82, 2.24) is 4.98 Å². The van der Waals surface area contributed by atoms with Gasteiger partial charge in [-0.15, -0.1) is 0 Å². The number of carbonyl (C=O) groups is 1. The van der Waals surface area contributed by atoms with Crippen LogP contribution in [0.25, 0.3) is 11.1 Å². The fourth-order valence-electron chi connectivity index (χ4n) is 4.65. The summed E-state index contributed by atoms with van der Waals surface area (Å²) in [5, 5.41) is 10.2. The minimum Gasteiger partial charge on any atom is -0.490 e. The third-order valence-corrected chi connectivity index (χ3v) is 6.66. The van der Waals surface area contributed by atoms with Crippen LogP contribution in [-0.4, -0.2) is 41.4 Å². The van der Waals surface area contributed by atoms with Gasteiger partial charge in [-0.05, 0) is 58.9 Å². The van der Waals surface area contributed by atoms with Crippen LogP contribution in [0.15, 0.2) is 18.3 Å². The molecule has 3 rings (SSSR count). The van der Waals surface area contributed by atoms with Gasteiger partial charge in [0.25, 0.3) is 0 Å². The van der Waals surface area contributed by atoms with Crippen LogP contribution in [0.2, 0.25) is 0 Å². The molecule has 0 bridgehead atoms. The fourth-order valence-corrected chi connectivity index (χ4v) is 4.65. The van der Waals surface area contributed by atoms with Crippen molar-refractivity contribution >= 4 is 11.7 Å². The minimum absolute atomic E-state index is 0.0504. The van der Waals surface area contributed by atoms with Gasteiger partial charge in [0.2, 0.25) is 0 Å². The summed E-state index contributed by atoms with van der Waals surface area (Å²) < 4.78 is 67.9. The maximum absolute atomic E-state index is 15.9. The molecule has 1 fully saturated rings. The zero-order chi connectivity index (χ0) is 28.6. The number of rotatable bonds is 7. The largest absolute Gasteiger partial charge is 0.490 e. The number of anilines is 1. The predicted octanol–water partition coefficient (Wildman–Crippen LogP) is 7.18. The van der Waals surface area contributed by atoms with E-state index >= 15 is 4.39 Å². The van der Waals surface area contributed by atoms with Gasteiger partial charge in [-0.1, -0.05) is 19.9 Å². The first-order chi connectivity index (χ1) is 17.5. The van der Waals surface area contributed by atoms with Crippen molar-refractivity contribution in [2.75, 3.05) is 24.6 Å². The molecule has 1 N–H and O–H groups in total. The number of carboxylic acid groups (broad SMARTS) is 1. The smallest absolute Gasteiger partial charge is 0.420 e. The number of alkyl halides is 3. The number of pyridine rings is 1. The number of aliphatic carboxylic acids is 1. The maximum atomic E-state index is 15.9. The van der Waals surface area contributed by atoms with Crippen LogP contribution < -0.4 is 9.64 Å². The zero-order valence-corrected chi connectivity index (χ0v) is 22.9. The Bertz CT molecular complexity index is 1180. The first-order valence-electron chi connectivity index (χ1n) is 12.6. The number of aromatic nitrogens is 1. The molecule has 0 spiro atoms. The summed E-state index contributed by atoms with van der Waals surface area (Å²) in [6.07, 6.45) is -3.31. The van der Waals surface area contributed by atoms with Crippen LogP contribution in [-0.2, 0) is 15.7 Å². The van der Waals surface area contributed by atoms with Crippen LogP contribution in [0, 0.1) is 18.2 Å². The van der Waals surface area contributed by atoms with Gasteiger partial charge in [-0.2, -0.15) is 13.2 Å². The Morgan fingerprint density at radius 1 is 1.16 bits per heavy atom. The average molecular weight is 541 g/mol. The summed E-state index contributed by atoms with van der Waals surface area (Å²) in [6, 6.07) is 1.83. The Labute approximate surface area is 221 Å². The van der Waals surface area contributed by atoms with E-state index < -0.39 is 41.0 Å². The molecule has 0 saturated carbocycles. The molecule has 10 heteroatoms. The molecular formula is C28H36F4N2O4. The van der Waals surface area contributed by atoms with Crippen LogP contribution in [0.3, 0.4) is 0 Å². The second-order valence-corrected chi connectivity index (χ2v) is 11.4. The second kappa shape index (κ2) is 10.7. The van der Waals surface area contributed by atoms with Gasteiger partial charge >= 0.3 is 12.1 Å². The van der Waals surface area contributed by atoms with Gasteiger partial charge < -0.3 is 19.5 Å². The zero-order valence-electron chi connectivity index (χ0n) is 22.9. The molecule has 2 heterocycles. The summed E-state index contributed by atoms with van der Waals surface area (Å²) in [7, 11) is 0. The van der Waals surface area contributed by atoms with E-state index in [9.17, 15) is 23.1 Å². The molecule has 0 aliphatic carbocycles. The highest BCUT2D eigenvalue weighted by Gasteiger charge is 2.39. The summed E-state index contributed by atoms with van der Waals surface area (Å²) in [4.78, 5) is 18.8. The van der Waals surface area contributed by atoms with Gasteiger partial charge in [0.05, 0.1) is 17.9 Å². The van der Waals surface area contributed by atoms with E-state index in [-0.39, 0.29) is 28.7 Å². The Morgan fingerprint density at radius 2 is 1.76 bits per heavy atom. The Kier molecular flexibility index (Phi) is 8.36. The lowest BCUT2D eigenvalue weighted by Gasteiger charge is -2.41. The molecule has 1 aliphatic rings. The summed E-state index contributed by atoms with van der Waals surface area (Å²) in [5.41, 5.74) is -0.962. The molecule has 1 atom stereocenters. The number of carboxylic acids is 1. The van der Waals surface area contributed by atoms with Gasteiger partial charge in [-0.25, -0.2) is 9.18 Å². The number of aryl methyl sites for hydroxylation is 1. The number of hydrogen-bond donors (Lipinski definition) is 1. The molecule has 6 nitrogen and oxygen atoms in total. The molecule has 0 amide bonds. The first-order valence-corrected chi connectivity index (χ1v) is 12.6. The molecule has 1 aliphatic heterocycles. The highest BCUT2D eigenvalue weighted by Crippen LogP contribution is 2.47. The first kappa shape index (κ1) is 29.7. The SMILES string of the molecule is CCOc1c(C(F)(F)F)ccc(-c2cnc(C)c([C@H](OC(C)(C)C)C(=O)O)c2N2CCC(C)(C)CC2)c1F. The van der Waals surface area contributed by atoms with Gasteiger partial charge in [0.15, 0.2) is 17.7 Å². The Balaban J connectivity index is 2.35. The highest BCUT2D eigenvalue weighted by molar-refractivity contribution is 5.87. The number of piperidine rings is 1. The van der Waals surface area contributed by atoms with Gasteiger partial charge in [-0.3, -0.25) is 4.98 Å². The number of benzene rings is 1. The third kappa shape index (κ3) is 6.39. The molecule has 2 aromatic rings. The lowest BCUT2D eigenvalue weighted by atomic mass is 9.82. The van der Waals surface area contributed by atoms with Crippen molar-refractivity contribution in [1.29, 1.82) is 0 Å². The van der Waals surface area contributed by atoms with Crippen LogP contribution in [0.1, 0.15) is 77.3 Å². The summed E-state index contributed by atoms with van der Waals surface area (Å²) >= 11 is 0. The van der Waals surface area contributed by atoms with E-state index in [4.69, 9.17) is 9.47 Å². The topological polar surface area (TPSA) is 71.9 Å². The summed E-state index contributed by atoms with van der Waals surface area (Å²) in [6.45, 7) is 13.5. The van der Waals surface area contributed by atoms with E-state index in [1.54, 1.807) is 27.7 Å². The molecule has 1 saturated heterocycles. The van der Waals surface area contributed by atoms with Crippen molar-refractivity contribution in [3.05, 3.63) is 41.0 Å². The standard InChI is InChI=1S/C28H36F4N2O4/c1-8-37-23-19(28(30,31)32)10-9-17(21(23)29)18-15-33-16(2)20(24(25(35)36)38-26(3,4)5)22(18)34-13-11-27(6,7)12-14-34/h9-10,15,24H,8,11-14H2,1-7H3,(H,35,36)/t24-/m0/s1. The van der Waals surface area contributed by atoms with Crippen molar-refractivity contribution in [3.63, 3.8) is 0 Å². The Hall–Kier alpha value is -2.88. The Morgan fingerprint density at radius 3 is 2.26 bits per heavy atom. The molecule has 1 aromatic heterocycles. The van der Waals surface area contributed by atoms with E-state index in [1.165, 1.54) is 13.1 Å². The summed E-state index contributed by atoms with van der Waals surface area (Å²) in [5.74, 6) is -3.32. The molecule has 38 heavy (non-hydrogen) atoms. The number of halogens is 4. The van der Waals surface area contributed by atoms with E-state index in [2.05, 4.69) is 18.8 Å². The van der Waals surface area contributed by atoms with Crippen LogP contribution >= 0.6 is 0 Å². The molecular weight excluding hydrogens is 504 g/mol. The monoisotopic (exact) mass is 540 g/mol. The van der Waals surface area contributed by atoms with Crippen molar-refractivity contribution < 1.29 is 36.9 Å². The average Bonchev–Trinajstić information content (AvgIpc) is 2.78. The van der Waals surface area contributed by atoms with E-state index in [0.717, 1.165) is 25.0 Å². The predicted molar refractivity (Wildman–Crippen MR) is 137 cm³/mol. The lowest BCUT2D eigenvalue weighted by molar-refractivity contribution is -0.160. The molecule has 0 unspecified atom stereocenters. The normalized spacial score (nSPS) is 16.9. The molecule has 210 valence electrons. The molecule has 1 aromatic carbocycles. The van der Waals surface area contributed by atoms with E-state index in [0.29, 0.717) is 24.5 Å². The van der Waals surface area contributed by atoms with Crippen LogP contribution in [0.5, 0.6) is 5.75 Å². The highest BCUT2D eigenvalue weighted by atomic mass is 19.4.